The molecule has 4 heteroatoms. The monoisotopic (exact) mass is 299 g/mol. The zero-order valence-corrected chi connectivity index (χ0v) is 12.7. The minimum atomic E-state index is -0.936. The highest BCUT2D eigenvalue weighted by molar-refractivity contribution is 7.84. The first-order valence-electron chi connectivity index (χ1n) is 6.71. The lowest BCUT2D eigenvalue weighted by atomic mass is 10.2. The summed E-state index contributed by atoms with van der Waals surface area (Å²) in [7, 11) is -0.936. The Morgan fingerprint density at radius 1 is 1.19 bits per heavy atom. The Morgan fingerprint density at radius 3 is 2.62 bits per heavy atom. The van der Waals surface area contributed by atoms with Gasteiger partial charge in [-0.05, 0) is 36.8 Å². The summed E-state index contributed by atoms with van der Waals surface area (Å²) in [5.74, 6) is 1.74. The molecule has 0 spiro atoms. The van der Waals surface area contributed by atoms with Crippen LogP contribution in [0.1, 0.15) is 16.7 Å². The quantitative estimate of drug-likeness (QED) is 0.823. The molecule has 2 aromatic rings. The van der Waals surface area contributed by atoms with Gasteiger partial charge in [-0.2, -0.15) is 5.26 Å². The van der Waals surface area contributed by atoms with E-state index in [9.17, 15) is 4.21 Å². The zero-order valence-electron chi connectivity index (χ0n) is 11.9. The average molecular weight is 299 g/mol. The number of ether oxygens (including phenoxy) is 1. The molecule has 21 heavy (non-hydrogen) atoms. The van der Waals surface area contributed by atoms with Crippen LogP contribution < -0.4 is 4.74 Å². The van der Waals surface area contributed by atoms with E-state index in [2.05, 4.69) is 12.1 Å². The summed E-state index contributed by atoms with van der Waals surface area (Å²) in [6.45, 7) is 2.44. The molecule has 0 saturated carbocycles. The van der Waals surface area contributed by atoms with Gasteiger partial charge in [0.15, 0.2) is 0 Å². The molecular formula is C17H17NO2S. The van der Waals surface area contributed by atoms with E-state index in [1.807, 2.05) is 25.1 Å². The Bertz CT molecular complexity index is 659. The molecule has 2 rings (SSSR count). The van der Waals surface area contributed by atoms with Crippen molar-refractivity contribution in [2.45, 2.75) is 12.7 Å². The van der Waals surface area contributed by atoms with Crippen LogP contribution in [0.25, 0.3) is 0 Å². The van der Waals surface area contributed by atoms with Crippen molar-refractivity contribution >= 4 is 10.8 Å². The number of hydrogen-bond donors (Lipinski definition) is 0. The Labute approximate surface area is 127 Å². The molecule has 0 amide bonds. The van der Waals surface area contributed by atoms with E-state index in [4.69, 9.17) is 10.00 Å². The minimum absolute atomic E-state index is 0.407. The highest BCUT2D eigenvalue weighted by Gasteiger charge is 2.03. The van der Waals surface area contributed by atoms with Crippen molar-refractivity contribution in [3.63, 3.8) is 0 Å². The molecule has 0 aliphatic heterocycles. The van der Waals surface area contributed by atoms with Crippen LogP contribution in [0.15, 0.2) is 48.5 Å². The van der Waals surface area contributed by atoms with Crippen molar-refractivity contribution in [3.8, 4) is 11.8 Å². The fourth-order valence-electron chi connectivity index (χ4n) is 1.94. The number of nitrogens with zero attached hydrogens (tertiary/aromatic N) is 1. The van der Waals surface area contributed by atoms with Crippen molar-refractivity contribution < 1.29 is 8.95 Å². The number of rotatable bonds is 6. The molecule has 0 aromatic heterocycles. The van der Waals surface area contributed by atoms with E-state index in [0.717, 1.165) is 5.56 Å². The third-order valence-corrected chi connectivity index (χ3v) is 4.25. The van der Waals surface area contributed by atoms with Crippen LogP contribution in [0.5, 0.6) is 5.75 Å². The summed E-state index contributed by atoms with van der Waals surface area (Å²) in [5, 5.41) is 8.71. The van der Waals surface area contributed by atoms with Crippen LogP contribution in [0, 0.1) is 18.3 Å². The van der Waals surface area contributed by atoms with Gasteiger partial charge >= 0.3 is 0 Å². The van der Waals surface area contributed by atoms with Crippen molar-refractivity contribution in [3.05, 3.63) is 65.2 Å². The third kappa shape index (κ3) is 5.05. The standard InChI is InChI=1S/C17H17NO2S/c1-14-3-2-4-16(11-14)13-21(19)10-9-20-17-7-5-15(12-18)6-8-17/h2-8,11H,9-10,13H2,1H3. The van der Waals surface area contributed by atoms with Gasteiger partial charge in [0, 0.05) is 16.6 Å². The second kappa shape index (κ2) is 7.61. The number of benzene rings is 2. The van der Waals surface area contributed by atoms with Crippen LogP contribution in [0.4, 0.5) is 0 Å². The Balaban J connectivity index is 1.77. The predicted octanol–water partition coefficient (Wildman–Crippen LogP) is 3.19. The summed E-state index contributed by atoms with van der Waals surface area (Å²) in [5.41, 5.74) is 2.87. The van der Waals surface area contributed by atoms with E-state index in [1.54, 1.807) is 24.3 Å². The second-order valence-corrected chi connectivity index (χ2v) is 6.34. The summed E-state index contributed by atoms with van der Waals surface area (Å²) in [6.07, 6.45) is 0. The van der Waals surface area contributed by atoms with Gasteiger partial charge in [0.2, 0.25) is 0 Å². The molecule has 108 valence electrons. The van der Waals surface area contributed by atoms with E-state index < -0.39 is 10.8 Å². The molecule has 0 aliphatic carbocycles. The van der Waals surface area contributed by atoms with E-state index in [-0.39, 0.29) is 0 Å². The molecule has 0 radical (unpaired) electrons. The SMILES string of the molecule is Cc1cccc(CS(=O)CCOc2ccc(C#N)cc2)c1. The van der Waals surface area contributed by atoms with Crippen LogP contribution in [0.3, 0.4) is 0 Å². The van der Waals surface area contributed by atoms with Crippen LogP contribution in [0.2, 0.25) is 0 Å². The molecule has 0 fully saturated rings. The first-order chi connectivity index (χ1) is 10.2. The molecule has 0 heterocycles. The average Bonchev–Trinajstić information content (AvgIpc) is 2.48. The molecule has 0 saturated heterocycles. The van der Waals surface area contributed by atoms with Crippen molar-refractivity contribution in [1.29, 1.82) is 5.26 Å². The van der Waals surface area contributed by atoms with Gasteiger partial charge in [0.1, 0.15) is 5.75 Å². The van der Waals surface area contributed by atoms with Crippen molar-refractivity contribution in [1.82, 2.24) is 0 Å². The van der Waals surface area contributed by atoms with Crippen molar-refractivity contribution in [2.75, 3.05) is 12.4 Å². The molecule has 0 aliphatic rings. The summed E-state index contributed by atoms with van der Waals surface area (Å²) >= 11 is 0. The Morgan fingerprint density at radius 2 is 1.95 bits per heavy atom. The van der Waals surface area contributed by atoms with Gasteiger partial charge in [-0.25, -0.2) is 0 Å². The molecule has 2 aromatic carbocycles. The Kier molecular flexibility index (Phi) is 5.53. The van der Waals surface area contributed by atoms with Gasteiger partial charge in [-0.3, -0.25) is 4.21 Å². The first-order valence-corrected chi connectivity index (χ1v) is 8.19. The minimum Gasteiger partial charge on any atom is -0.493 e. The van der Waals surface area contributed by atoms with Crippen LogP contribution >= 0.6 is 0 Å². The summed E-state index contributed by atoms with van der Waals surface area (Å²) < 4.78 is 17.5. The van der Waals surface area contributed by atoms with Gasteiger partial charge < -0.3 is 4.74 Å². The maximum atomic E-state index is 12.0. The predicted molar refractivity (Wildman–Crippen MR) is 84.5 cm³/mol. The maximum absolute atomic E-state index is 12.0. The van der Waals surface area contributed by atoms with Gasteiger partial charge in [-0.15, -0.1) is 0 Å². The lowest BCUT2D eigenvalue weighted by Crippen LogP contribution is -2.10. The largest absolute Gasteiger partial charge is 0.493 e. The lowest BCUT2D eigenvalue weighted by molar-refractivity contribution is 0.342. The summed E-state index contributed by atoms with van der Waals surface area (Å²) in [6, 6.07) is 17.0. The molecule has 1 atom stereocenters. The molecular weight excluding hydrogens is 282 g/mol. The molecule has 0 bridgehead atoms. The molecule has 3 nitrogen and oxygen atoms in total. The fourth-order valence-corrected chi connectivity index (χ4v) is 2.90. The fraction of sp³-hybridized carbons (Fsp3) is 0.235. The number of hydrogen-bond acceptors (Lipinski definition) is 3. The van der Waals surface area contributed by atoms with Gasteiger partial charge in [0.25, 0.3) is 0 Å². The molecule has 1 unspecified atom stereocenters. The maximum Gasteiger partial charge on any atom is 0.119 e. The van der Waals surface area contributed by atoms with Crippen LogP contribution in [-0.4, -0.2) is 16.6 Å². The normalized spacial score (nSPS) is 11.6. The van der Waals surface area contributed by atoms with Gasteiger partial charge in [0.05, 0.1) is 24.0 Å². The first kappa shape index (κ1) is 15.3. The van der Waals surface area contributed by atoms with Crippen LogP contribution in [-0.2, 0) is 16.6 Å². The van der Waals surface area contributed by atoms with E-state index in [1.165, 1.54) is 5.56 Å². The topological polar surface area (TPSA) is 50.1 Å². The smallest absolute Gasteiger partial charge is 0.119 e. The number of nitriles is 1. The second-order valence-electron chi connectivity index (χ2n) is 4.76. The zero-order chi connectivity index (χ0) is 15.1. The van der Waals surface area contributed by atoms with E-state index >= 15 is 0 Å². The number of aryl methyl sites for hydroxylation is 1. The lowest BCUT2D eigenvalue weighted by Gasteiger charge is -2.07. The summed E-state index contributed by atoms with van der Waals surface area (Å²) in [4.78, 5) is 0. The third-order valence-electron chi connectivity index (χ3n) is 2.97. The highest BCUT2D eigenvalue weighted by atomic mass is 32.2. The van der Waals surface area contributed by atoms with Gasteiger partial charge in [-0.1, -0.05) is 29.8 Å². The van der Waals surface area contributed by atoms with Crippen molar-refractivity contribution in [2.24, 2.45) is 0 Å². The molecule has 0 N–H and O–H groups in total. The Hall–Kier alpha value is -2.12. The van der Waals surface area contributed by atoms with E-state index in [0.29, 0.717) is 29.4 Å². The highest BCUT2D eigenvalue weighted by Crippen LogP contribution is 2.12.